The number of rotatable bonds is 3. The second kappa shape index (κ2) is 5.01. The molecule has 0 radical (unpaired) electrons. The molecule has 1 fully saturated rings. The van der Waals surface area contributed by atoms with Crippen LogP contribution in [0.15, 0.2) is 18.2 Å². The van der Waals surface area contributed by atoms with E-state index in [0.717, 1.165) is 0 Å². The van der Waals surface area contributed by atoms with Gasteiger partial charge in [0.15, 0.2) is 0 Å². The number of amides is 1. The van der Waals surface area contributed by atoms with Crippen LogP contribution in [0.2, 0.25) is 0 Å². The third kappa shape index (κ3) is 1.97. The van der Waals surface area contributed by atoms with Crippen molar-refractivity contribution < 1.29 is 28.5 Å². The van der Waals surface area contributed by atoms with Crippen LogP contribution >= 0.6 is 0 Å². The number of hydrogen-bond acceptors (Lipinski definition) is 6. The van der Waals surface area contributed by atoms with E-state index < -0.39 is 17.7 Å². The molecular weight excluding hydrogens is 278 g/mol. The van der Waals surface area contributed by atoms with Crippen LogP contribution in [0.3, 0.4) is 0 Å². The molecule has 0 saturated carbocycles. The van der Waals surface area contributed by atoms with Gasteiger partial charge in [-0.25, -0.2) is 0 Å². The Morgan fingerprint density at radius 2 is 2.05 bits per heavy atom. The molecule has 0 aromatic heterocycles. The fraction of sp³-hybridized carbons (Fsp3) is 0.429. The van der Waals surface area contributed by atoms with E-state index in [1.807, 2.05) is 0 Å². The number of benzene rings is 1. The molecule has 2 heterocycles. The van der Waals surface area contributed by atoms with E-state index >= 15 is 0 Å². The van der Waals surface area contributed by atoms with Gasteiger partial charge in [-0.2, -0.15) is 0 Å². The lowest BCUT2D eigenvalue weighted by molar-refractivity contribution is -0.181. The predicted octanol–water partition coefficient (Wildman–Crippen LogP) is 0.414. The van der Waals surface area contributed by atoms with Crippen molar-refractivity contribution in [3.8, 4) is 5.75 Å². The maximum atomic E-state index is 12.7. The van der Waals surface area contributed by atoms with Crippen LogP contribution in [0.5, 0.6) is 5.75 Å². The van der Waals surface area contributed by atoms with Crippen LogP contribution in [0.1, 0.15) is 5.56 Å². The van der Waals surface area contributed by atoms with Gasteiger partial charge in [0, 0.05) is 5.56 Å². The van der Waals surface area contributed by atoms with Crippen molar-refractivity contribution in [3.63, 3.8) is 0 Å². The van der Waals surface area contributed by atoms with E-state index in [9.17, 15) is 9.59 Å². The predicted molar refractivity (Wildman–Crippen MR) is 70.9 cm³/mol. The molecule has 0 N–H and O–H groups in total. The highest BCUT2D eigenvalue weighted by Crippen LogP contribution is 2.46. The van der Waals surface area contributed by atoms with E-state index in [4.69, 9.17) is 14.2 Å². The van der Waals surface area contributed by atoms with Crippen LogP contribution in [0, 0.1) is 0 Å². The zero-order valence-electron chi connectivity index (χ0n) is 11.8. The van der Waals surface area contributed by atoms with E-state index in [1.165, 1.54) is 19.1 Å². The number of fused-ring (bicyclic) bond motifs is 2. The summed E-state index contributed by atoms with van der Waals surface area (Å²) >= 11 is 0. The molecule has 1 saturated heterocycles. The molecule has 1 amide bonds. The van der Waals surface area contributed by atoms with Crippen molar-refractivity contribution in [2.24, 2.45) is 0 Å². The number of ether oxygens (including phenoxy) is 4. The highest BCUT2D eigenvalue weighted by molar-refractivity contribution is 6.08. The zero-order valence-corrected chi connectivity index (χ0v) is 11.8. The minimum Gasteiger partial charge on any atom is -0.497 e. The van der Waals surface area contributed by atoms with E-state index in [1.54, 1.807) is 18.2 Å². The molecular formula is C14H15NO6. The molecule has 0 unspecified atom stereocenters. The molecule has 112 valence electrons. The molecule has 0 aliphatic carbocycles. The Balaban J connectivity index is 2.07. The lowest BCUT2D eigenvalue weighted by atomic mass is 10.1. The van der Waals surface area contributed by atoms with E-state index in [0.29, 0.717) is 30.2 Å². The Kier molecular flexibility index (Phi) is 3.30. The molecule has 2 aliphatic heterocycles. The van der Waals surface area contributed by atoms with Crippen LogP contribution in [0.25, 0.3) is 0 Å². The Morgan fingerprint density at radius 1 is 1.33 bits per heavy atom. The minimum absolute atomic E-state index is 0.191. The average Bonchev–Trinajstić information content (AvgIpc) is 3.08. The van der Waals surface area contributed by atoms with Crippen molar-refractivity contribution in [2.45, 2.75) is 5.79 Å². The highest BCUT2D eigenvalue weighted by Gasteiger charge is 2.56. The fourth-order valence-corrected chi connectivity index (χ4v) is 2.59. The molecule has 3 rings (SSSR count). The van der Waals surface area contributed by atoms with Gasteiger partial charge in [-0.1, -0.05) is 0 Å². The van der Waals surface area contributed by atoms with Crippen LogP contribution in [0.4, 0.5) is 5.69 Å². The first-order valence-electron chi connectivity index (χ1n) is 6.47. The third-order valence-electron chi connectivity index (χ3n) is 3.58. The van der Waals surface area contributed by atoms with Crippen LogP contribution in [-0.4, -0.2) is 45.9 Å². The first-order chi connectivity index (χ1) is 10.1. The molecule has 7 nitrogen and oxygen atoms in total. The van der Waals surface area contributed by atoms with Crippen LogP contribution < -0.4 is 9.64 Å². The summed E-state index contributed by atoms with van der Waals surface area (Å²) in [6, 6.07) is 5.11. The molecule has 7 heteroatoms. The standard InChI is InChI=1S/C14H15NO6/c1-18-9-3-4-11-10(7-9)14(20-5-6-21-14)13(17)15(11)8-12(16)19-2/h3-4,7H,5-6,8H2,1-2H3. The Labute approximate surface area is 121 Å². The molecule has 21 heavy (non-hydrogen) atoms. The van der Waals surface area contributed by atoms with Gasteiger partial charge in [0.1, 0.15) is 12.3 Å². The number of carbonyl (C=O) groups excluding carboxylic acids is 2. The van der Waals surface area contributed by atoms with Gasteiger partial charge in [-0.05, 0) is 18.2 Å². The summed E-state index contributed by atoms with van der Waals surface area (Å²) < 4.78 is 20.9. The smallest absolute Gasteiger partial charge is 0.325 e. The number of anilines is 1. The lowest BCUT2D eigenvalue weighted by Crippen LogP contribution is -2.43. The van der Waals surface area contributed by atoms with Gasteiger partial charge in [0.2, 0.25) is 0 Å². The Hall–Kier alpha value is -2.12. The van der Waals surface area contributed by atoms with Gasteiger partial charge in [0.05, 0.1) is 33.1 Å². The third-order valence-corrected chi connectivity index (χ3v) is 3.58. The van der Waals surface area contributed by atoms with Crippen molar-refractivity contribution in [1.82, 2.24) is 0 Å². The normalized spacial score (nSPS) is 19.0. The summed E-state index contributed by atoms with van der Waals surface area (Å²) in [7, 11) is 2.81. The SMILES string of the molecule is COC(=O)CN1C(=O)C2(OCCO2)c2cc(OC)ccc21. The maximum Gasteiger partial charge on any atom is 0.325 e. The molecule has 2 aliphatic rings. The van der Waals surface area contributed by atoms with E-state index in [-0.39, 0.29) is 6.54 Å². The summed E-state index contributed by atoms with van der Waals surface area (Å²) in [5, 5.41) is 0. The van der Waals surface area contributed by atoms with Gasteiger partial charge < -0.3 is 18.9 Å². The van der Waals surface area contributed by atoms with Gasteiger partial charge in [-0.3, -0.25) is 14.5 Å². The molecule has 0 atom stereocenters. The highest BCUT2D eigenvalue weighted by atomic mass is 16.7. The molecule has 1 aromatic rings. The quantitative estimate of drug-likeness (QED) is 0.752. The monoisotopic (exact) mass is 293 g/mol. The van der Waals surface area contributed by atoms with Gasteiger partial charge in [-0.15, -0.1) is 0 Å². The number of methoxy groups -OCH3 is 2. The topological polar surface area (TPSA) is 74.3 Å². The summed E-state index contributed by atoms with van der Waals surface area (Å²) in [4.78, 5) is 25.5. The Morgan fingerprint density at radius 3 is 2.67 bits per heavy atom. The van der Waals surface area contributed by atoms with Crippen LogP contribution in [-0.2, 0) is 29.6 Å². The maximum absolute atomic E-state index is 12.7. The van der Waals surface area contributed by atoms with Gasteiger partial charge >= 0.3 is 5.97 Å². The number of carbonyl (C=O) groups is 2. The first-order valence-corrected chi connectivity index (χ1v) is 6.47. The first kappa shape index (κ1) is 13.8. The second-order valence-corrected chi connectivity index (χ2v) is 4.66. The number of hydrogen-bond donors (Lipinski definition) is 0. The Bertz CT molecular complexity index is 593. The number of esters is 1. The summed E-state index contributed by atoms with van der Waals surface area (Å²) in [5.41, 5.74) is 1.11. The summed E-state index contributed by atoms with van der Waals surface area (Å²) in [6.07, 6.45) is 0. The average molecular weight is 293 g/mol. The van der Waals surface area contributed by atoms with E-state index in [2.05, 4.69) is 4.74 Å². The molecule has 0 bridgehead atoms. The second-order valence-electron chi connectivity index (χ2n) is 4.66. The van der Waals surface area contributed by atoms with Crippen molar-refractivity contribution >= 4 is 17.6 Å². The largest absolute Gasteiger partial charge is 0.497 e. The molecule has 1 aromatic carbocycles. The molecule has 1 spiro atoms. The van der Waals surface area contributed by atoms with Crippen molar-refractivity contribution in [1.29, 1.82) is 0 Å². The summed E-state index contributed by atoms with van der Waals surface area (Å²) in [5.74, 6) is -1.83. The fourth-order valence-electron chi connectivity index (χ4n) is 2.59. The summed E-state index contributed by atoms with van der Waals surface area (Å²) in [6.45, 7) is 0.437. The lowest BCUT2D eigenvalue weighted by Gasteiger charge is -2.21. The van der Waals surface area contributed by atoms with Gasteiger partial charge in [0.25, 0.3) is 11.7 Å². The minimum atomic E-state index is -1.47. The van der Waals surface area contributed by atoms with Crippen molar-refractivity contribution in [3.05, 3.63) is 23.8 Å². The zero-order chi connectivity index (χ0) is 15.0. The van der Waals surface area contributed by atoms with Crippen molar-refractivity contribution in [2.75, 3.05) is 38.9 Å². The number of nitrogens with zero attached hydrogens (tertiary/aromatic N) is 1.